The Balaban J connectivity index is 1.78. The van der Waals surface area contributed by atoms with Crippen LogP contribution >= 0.6 is 0 Å². The minimum absolute atomic E-state index is 0.155. The fourth-order valence-electron chi connectivity index (χ4n) is 2.29. The van der Waals surface area contributed by atoms with Gasteiger partial charge in [-0.05, 0) is 42.8 Å². The zero-order chi connectivity index (χ0) is 14.7. The van der Waals surface area contributed by atoms with Gasteiger partial charge in [-0.15, -0.1) is 0 Å². The van der Waals surface area contributed by atoms with Gasteiger partial charge in [0, 0.05) is 23.5 Å². The van der Waals surface area contributed by atoms with E-state index < -0.39 is 0 Å². The van der Waals surface area contributed by atoms with E-state index in [-0.39, 0.29) is 11.8 Å². The average Bonchev–Trinajstić information content (AvgIpc) is 3.02. The Hall–Kier alpha value is -2.75. The Labute approximate surface area is 123 Å². The highest BCUT2D eigenvalue weighted by Crippen LogP contribution is 2.24. The highest BCUT2D eigenvalue weighted by molar-refractivity contribution is 5.65. The van der Waals surface area contributed by atoms with E-state index in [4.69, 9.17) is 0 Å². The highest BCUT2D eigenvalue weighted by Gasteiger charge is 2.06. The third-order valence-electron chi connectivity index (χ3n) is 3.45. The van der Waals surface area contributed by atoms with Crippen molar-refractivity contribution in [3.8, 4) is 17.0 Å². The average molecular weight is 279 g/mol. The second kappa shape index (κ2) is 5.71. The van der Waals surface area contributed by atoms with Crippen molar-refractivity contribution < 1.29 is 5.11 Å². The zero-order valence-electron chi connectivity index (χ0n) is 11.7. The molecule has 1 unspecified atom stereocenters. The van der Waals surface area contributed by atoms with Crippen molar-refractivity contribution in [1.29, 1.82) is 0 Å². The molecular formula is C17H17N3O. The molecular weight excluding hydrogens is 262 g/mol. The van der Waals surface area contributed by atoms with Crippen molar-refractivity contribution >= 4 is 5.69 Å². The summed E-state index contributed by atoms with van der Waals surface area (Å²) in [5.74, 6) is 0.284. The fourth-order valence-corrected chi connectivity index (χ4v) is 2.29. The van der Waals surface area contributed by atoms with Gasteiger partial charge in [-0.25, -0.2) is 0 Å². The van der Waals surface area contributed by atoms with Crippen molar-refractivity contribution in [2.75, 3.05) is 5.32 Å². The number of anilines is 1. The highest BCUT2D eigenvalue weighted by atomic mass is 16.3. The van der Waals surface area contributed by atoms with Crippen LogP contribution in [0.4, 0.5) is 5.69 Å². The van der Waals surface area contributed by atoms with Gasteiger partial charge in [0.05, 0.1) is 5.69 Å². The van der Waals surface area contributed by atoms with E-state index in [0.717, 1.165) is 22.5 Å². The van der Waals surface area contributed by atoms with Crippen molar-refractivity contribution in [2.45, 2.75) is 13.0 Å². The number of hydrogen-bond acceptors (Lipinski definition) is 3. The number of aromatic hydroxyl groups is 1. The predicted molar refractivity (Wildman–Crippen MR) is 84.2 cm³/mol. The van der Waals surface area contributed by atoms with Gasteiger partial charge in [0.1, 0.15) is 5.75 Å². The standard InChI is InChI=1S/C17H17N3O/c1-12(13-5-7-16(21)8-6-13)19-15-4-2-3-14(11-15)17-9-10-18-20-17/h2-12,19,21H,1H3,(H,18,20). The van der Waals surface area contributed by atoms with Gasteiger partial charge in [0.15, 0.2) is 0 Å². The van der Waals surface area contributed by atoms with Crippen LogP contribution in [-0.2, 0) is 0 Å². The Bertz CT molecular complexity index is 705. The maximum absolute atomic E-state index is 9.34. The van der Waals surface area contributed by atoms with Crippen LogP contribution in [0.5, 0.6) is 5.75 Å². The van der Waals surface area contributed by atoms with E-state index in [9.17, 15) is 5.11 Å². The fraction of sp³-hybridized carbons (Fsp3) is 0.118. The quantitative estimate of drug-likeness (QED) is 0.677. The smallest absolute Gasteiger partial charge is 0.115 e. The molecule has 0 saturated heterocycles. The second-order valence-corrected chi connectivity index (χ2v) is 5.01. The van der Waals surface area contributed by atoms with Crippen LogP contribution < -0.4 is 5.32 Å². The lowest BCUT2D eigenvalue weighted by molar-refractivity contribution is 0.475. The number of nitrogens with zero attached hydrogens (tertiary/aromatic N) is 1. The lowest BCUT2D eigenvalue weighted by atomic mass is 10.1. The summed E-state index contributed by atoms with van der Waals surface area (Å²) in [5, 5.41) is 19.7. The molecule has 4 heteroatoms. The van der Waals surface area contributed by atoms with Crippen LogP contribution in [0.2, 0.25) is 0 Å². The number of phenolic OH excluding ortho intramolecular Hbond substituents is 1. The summed E-state index contributed by atoms with van der Waals surface area (Å²) in [5.41, 5.74) is 4.26. The molecule has 3 aromatic rings. The van der Waals surface area contributed by atoms with Gasteiger partial charge < -0.3 is 10.4 Å². The van der Waals surface area contributed by atoms with Crippen molar-refractivity contribution in [3.05, 3.63) is 66.4 Å². The van der Waals surface area contributed by atoms with Gasteiger partial charge in [-0.1, -0.05) is 24.3 Å². The number of aromatic amines is 1. The first-order chi connectivity index (χ1) is 10.2. The van der Waals surface area contributed by atoms with Crippen LogP contribution in [0.25, 0.3) is 11.3 Å². The van der Waals surface area contributed by atoms with Gasteiger partial charge in [-0.3, -0.25) is 5.10 Å². The van der Waals surface area contributed by atoms with Gasteiger partial charge in [-0.2, -0.15) is 5.10 Å². The number of rotatable bonds is 4. The summed E-state index contributed by atoms with van der Waals surface area (Å²) in [6.07, 6.45) is 1.74. The molecule has 0 fully saturated rings. The maximum Gasteiger partial charge on any atom is 0.115 e. The molecule has 0 spiro atoms. The molecule has 0 bridgehead atoms. The van der Waals surface area contributed by atoms with E-state index in [1.807, 2.05) is 36.4 Å². The first kappa shape index (κ1) is 13.2. The first-order valence-electron chi connectivity index (χ1n) is 6.87. The van der Waals surface area contributed by atoms with E-state index in [2.05, 4.69) is 28.5 Å². The Morgan fingerprint density at radius 2 is 1.90 bits per heavy atom. The summed E-state index contributed by atoms with van der Waals surface area (Å²) in [7, 11) is 0. The van der Waals surface area contributed by atoms with Crippen LogP contribution in [0.1, 0.15) is 18.5 Å². The molecule has 1 atom stereocenters. The van der Waals surface area contributed by atoms with Crippen molar-refractivity contribution in [2.24, 2.45) is 0 Å². The Morgan fingerprint density at radius 3 is 2.62 bits per heavy atom. The minimum atomic E-state index is 0.155. The number of aromatic nitrogens is 2. The topological polar surface area (TPSA) is 60.9 Å². The van der Waals surface area contributed by atoms with Gasteiger partial charge in [0.25, 0.3) is 0 Å². The monoisotopic (exact) mass is 279 g/mol. The van der Waals surface area contributed by atoms with Crippen LogP contribution in [0.3, 0.4) is 0 Å². The largest absolute Gasteiger partial charge is 0.508 e. The summed E-state index contributed by atoms with van der Waals surface area (Å²) < 4.78 is 0. The SMILES string of the molecule is CC(Nc1cccc(-c2ccn[nH]2)c1)c1ccc(O)cc1. The van der Waals surface area contributed by atoms with Crippen molar-refractivity contribution in [1.82, 2.24) is 10.2 Å². The number of phenols is 1. The Kier molecular flexibility index (Phi) is 3.60. The minimum Gasteiger partial charge on any atom is -0.508 e. The number of H-pyrrole nitrogens is 1. The summed E-state index contributed by atoms with van der Waals surface area (Å²) in [4.78, 5) is 0. The molecule has 21 heavy (non-hydrogen) atoms. The molecule has 2 aromatic carbocycles. The molecule has 0 aliphatic heterocycles. The summed E-state index contributed by atoms with van der Waals surface area (Å²) >= 11 is 0. The molecule has 0 radical (unpaired) electrons. The van der Waals surface area contributed by atoms with Crippen LogP contribution in [0.15, 0.2) is 60.8 Å². The third kappa shape index (κ3) is 3.05. The zero-order valence-corrected chi connectivity index (χ0v) is 11.7. The van der Waals surface area contributed by atoms with Crippen LogP contribution in [0, 0.1) is 0 Å². The number of benzene rings is 2. The van der Waals surface area contributed by atoms with E-state index in [0.29, 0.717) is 0 Å². The molecule has 0 aliphatic rings. The van der Waals surface area contributed by atoms with Gasteiger partial charge >= 0.3 is 0 Å². The molecule has 0 amide bonds. The predicted octanol–water partition coefficient (Wildman–Crippen LogP) is 3.96. The lowest BCUT2D eigenvalue weighted by Crippen LogP contribution is -2.06. The molecule has 3 N–H and O–H groups in total. The number of nitrogens with one attached hydrogen (secondary N) is 2. The second-order valence-electron chi connectivity index (χ2n) is 5.01. The normalized spacial score (nSPS) is 12.0. The third-order valence-corrected chi connectivity index (χ3v) is 3.45. The molecule has 1 heterocycles. The van der Waals surface area contributed by atoms with E-state index >= 15 is 0 Å². The molecule has 0 aliphatic carbocycles. The maximum atomic E-state index is 9.34. The molecule has 3 rings (SSSR count). The molecule has 0 saturated carbocycles. The van der Waals surface area contributed by atoms with E-state index in [1.165, 1.54) is 0 Å². The molecule has 1 aromatic heterocycles. The van der Waals surface area contributed by atoms with E-state index in [1.54, 1.807) is 18.3 Å². The lowest BCUT2D eigenvalue weighted by Gasteiger charge is -2.16. The summed E-state index contributed by atoms with van der Waals surface area (Å²) in [6, 6.07) is 17.5. The summed E-state index contributed by atoms with van der Waals surface area (Å²) in [6.45, 7) is 2.09. The number of hydrogen-bond donors (Lipinski definition) is 3. The van der Waals surface area contributed by atoms with Gasteiger partial charge in [0.2, 0.25) is 0 Å². The molecule has 4 nitrogen and oxygen atoms in total. The molecule has 106 valence electrons. The van der Waals surface area contributed by atoms with Crippen molar-refractivity contribution in [3.63, 3.8) is 0 Å². The Morgan fingerprint density at radius 1 is 1.10 bits per heavy atom. The first-order valence-corrected chi connectivity index (χ1v) is 6.87. The van der Waals surface area contributed by atoms with Crippen LogP contribution in [-0.4, -0.2) is 15.3 Å².